The number of amides is 2. The van der Waals surface area contributed by atoms with E-state index in [1.165, 1.54) is 12.1 Å². The minimum Gasteiger partial charge on any atom is -0.497 e. The monoisotopic (exact) mass is 397 g/mol. The smallest absolute Gasteiger partial charge is 0.269 e. The number of methoxy groups -OCH3 is 1. The molecule has 3 rings (SSSR count). The third-order valence-corrected chi connectivity index (χ3v) is 5.33. The number of ether oxygens (including phenoxy) is 1. The Morgan fingerprint density at radius 2 is 2.00 bits per heavy atom. The highest BCUT2D eigenvalue weighted by atomic mass is 16.6. The van der Waals surface area contributed by atoms with Crippen molar-refractivity contribution in [2.45, 2.75) is 19.4 Å². The van der Waals surface area contributed by atoms with Gasteiger partial charge < -0.3 is 14.5 Å². The Kier molecular flexibility index (Phi) is 5.81. The number of non-ortho nitro benzene ring substituents is 1. The Morgan fingerprint density at radius 1 is 1.28 bits per heavy atom. The quantitative estimate of drug-likeness (QED) is 0.551. The van der Waals surface area contributed by atoms with E-state index in [1.807, 2.05) is 13.0 Å². The summed E-state index contributed by atoms with van der Waals surface area (Å²) in [4.78, 5) is 39.2. The van der Waals surface area contributed by atoms with Crippen LogP contribution in [0.2, 0.25) is 0 Å². The van der Waals surface area contributed by atoms with Gasteiger partial charge in [-0.1, -0.05) is 18.2 Å². The summed E-state index contributed by atoms with van der Waals surface area (Å²) in [6.45, 7) is 2.10. The predicted molar refractivity (Wildman–Crippen MR) is 108 cm³/mol. The van der Waals surface area contributed by atoms with Gasteiger partial charge in [0.15, 0.2) is 0 Å². The molecule has 2 amide bonds. The van der Waals surface area contributed by atoms with E-state index in [-0.39, 0.29) is 36.5 Å². The molecule has 0 spiro atoms. The fourth-order valence-electron chi connectivity index (χ4n) is 3.50. The standard InChI is InChI=1S/C21H23N3O5/c1-14(15-6-4-8-18(10-15)24(27)28)22(2)21(26)16-11-20(25)23(13-16)17-7-5-9-19(12-17)29-3/h4-10,12,14,16H,11,13H2,1-3H3/t14-,16+/m1/s1. The van der Waals surface area contributed by atoms with E-state index in [0.29, 0.717) is 17.0 Å². The van der Waals surface area contributed by atoms with Gasteiger partial charge in [0.2, 0.25) is 11.8 Å². The maximum absolute atomic E-state index is 13.0. The van der Waals surface area contributed by atoms with E-state index in [0.717, 1.165) is 0 Å². The molecule has 2 aromatic rings. The summed E-state index contributed by atoms with van der Waals surface area (Å²) in [5.74, 6) is -0.114. The topological polar surface area (TPSA) is 93.0 Å². The number of anilines is 1. The zero-order chi connectivity index (χ0) is 21.1. The molecule has 0 unspecified atom stereocenters. The average Bonchev–Trinajstić information content (AvgIpc) is 3.13. The van der Waals surface area contributed by atoms with E-state index < -0.39 is 10.8 Å². The summed E-state index contributed by atoms with van der Waals surface area (Å²) in [5, 5.41) is 11.0. The average molecular weight is 397 g/mol. The number of nitro groups is 1. The van der Waals surface area contributed by atoms with Gasteiger partial charge >= 0.3 is 0 Å². The summed E-state index contributed by atoms with van der Waals surface area (Å²) >= 11 is 0. The minimum atomic E-state index is -0.472. The number of nitrogens with zero attached hydrogens (tertiary/aromatic N) is 3. The van der Waals surface area contributed by atoms with Crippen molar-refractivity contribution in [3.05, 3.63) is 64.2 Å². The molecule has 152 valence electrons. The molecule has 2 atom stereocenters. The molecule has 1 saturated heterocycles. The summed E-state index contributed by atoms with van der Waals surface area (Å²) in [7, 11) is 3.21. The molecule has 0 aromatic heterocycles. The molecule has 0 N–H and O–H groups in total. The van der Waals surface area contributed by atoms with Crippen molar-refractivity contribution < 1.29 is 19.2 Å². The van der Waals surface area contributed by atoms with Gasteiger partial charge in [-0.15, -0.1) is 0 Å². The largest absolute Gasteiger partial charge is 0.497 e. The Balaban J connectivity index is 1.73. The van der Waals surface area contributed by atoms with Gasteiger partial charge in [0.05, 0.1) is 24.0 Å². The summed E-state index contributed by atoms with van der Waals surface area (Å²) < 4.78 is 5.21. The van der Waals surface area contributed by atoms with Crippen molar-refractivity contribution >= 4 is 23.2 Å². The summed E-state index contributed by atoms with van der Waals surface area (Å²) in [5.41, 5.74) is 1.35. The van der Waals surface area contributed by atoms with Crippen LogP contribution in [0.25, 0.3) is 0 Å². The molecule has 1 aliphatic rings. The van der Waals surface area contributed by atoms with Crippen molar-refractivity contribution in [1.29, 1.82) is 0 Å². The van der Waals surface area contributed by atoms with Gasteiger partial charge in [-0.05, 0) is 24.6 Å². The van der Waals surface area contributed by atoms with E-state index in [1.54, 1.807) is 54.3 Å². The first-order chi connectivity index (χ1) is 13.8. The normalized spacial score (nSPS) is 17.1. The molecular weight excluding hydrogens is 374 g/mol. The number of hydrogen-bond donors (Lipinski definition) is 0. The predicted octanol–water partition coefficient (Wildman–Crippen LogP) is 3.18. The number of rotatable bonds is 6. The summed E-state index contributed by atoms with van der Waals surface area (Å²) in [6, 6.07) is 13.0. The van der Waals surface area contributed by atoms with E-state index >= 15 is 0 Å². The molecule has 0 aliphatic carbocycles. The van der Waals surface area contributed by atoms with Crippen molar-refractivity contribution in [2.75, 3.05) is 25.6 Å². The third kappa shape index (κ3) is 4.21. The van der Waals surface area contributed by atoms with Gasteiger partial charge in [-0.3, -0.25) is 19.7 Å². The zero-order valence-electron chi connectivity index (χ0n) is 16.6. The van der Waals surface area contributed by atoms with E-state index in [4.69, 9.17) is 4.74 Å². The zero-order valence-corrected chi connectivity index (χ0v) is 16.6. The first kappa shape index (κ1) is 20.3. The molecule has 2 aromatic carbocycles. The second-order valence-electron chi connectivity index (χ2n) is 7.08. The number of hydrogen-bond acceptors (Lipinski definition) is 5. The third-order valence-electron chi connectivity index (χ3n) is 5.33. The van der Waals surface area contributed by atoms with Crippen LogP contribution in [0, 0.1) is 16.0 Å². The maximum Gasteiger partial charge on any atom is 0.269 e. The molecule has 1 heterocycles. The summed E-state index contributed by atoms with van der Waals surface area (Å²) in [6.07, 6.45) is 0.127. The number of benzene rings is 2. The van der Waals surface area contributed by atoms with Gasteiger partial charge in [0, 0.05) is 43.9 Å². The molecule has 29 heavy (non-hydrogen) atoms. The highest BCUT2D eigenvalue weighted by molar-refractivity contribution is 6.00. The maximum atomic E-state index is 13.0. The lowest BCUT2D eigenvalue weighted by Gasteiger charge is -2.27. The van der Waals surface area contributed by atoms with Gasteiger partial charge in [-0.2, -0.15) is 0 Å². The first-order valence-electron chi connectivity index (χ1n) is 9.27. The molecule has 8 nitrogen and oxygen atoms in total. The molecule has 8 heteroatoms. The minimum absolute atomic E-state index is 0.0181. The second-order valence-corrected chi connectivity index (χ2v) is 7.08. The van der Waals surface area contributed by atoms with Crippen molar-refractivity contribution in [3.8, 4) is 5.75 Å². The number of nitro benzene ring substituents is 1. The Bertz CT molecular complexity index is 945. The lowest BCUT2D eigenvalue weighted by molar-refractivity contribution is -0.384. The van der Waals surface area contributed by atoms with Crippen LogP contribution in [-0.4, -0.2) is 42.3 Å². The van der Waals surface area contributed by atoms with Gasteiger partial charge in [0.1, 0.15) is 5.75 Å². The van der Waals surface area contributed by atoms with Crippen molar-refractivity contribution in [3.63, 3.8) is 0 Å². The molecule has 0 bridgehead atoms. The van der Waals surface area contributed by atoms with Crippen LogP contribution in [-0.2, 0) is 9.59 Å². The fraction of sp³-hybridized carbons (Fsp3) is 0.333. The van der Waals surface area contributed by atoms with E-state index in [2.05, 4.69) is 0 Å². The molecule has 0 saturated carbocycles. The van der Waals surface area contributed by atoms with Crippen LogP contribution < -0.4 is 9.64 Å². The molecular formula is C21H23N3O5. The van der Waals surface area contributed by atoms with Gasteiger partial charge in [-0.25, -0.2) is 0 Å². The first-order valence-corrected chi connectivity index (χ1v) is 9.27. The van der Waals surface area contributed by atoms with Crippen LogP contribution in [0.15, 0.2) is 48.5 Å². The lowest BCUT2D eigenvalue weighted by Crippen LogP contribution is -2.36. The van der Waals surface area contributed by atoms with Crippen LogP contribution in [0.5, 0.6) is 5.75 Å². The van der Waals surface area contributed by atoms with Gasteiger partial charge in [0.25, 0.3) is 5.69 Å². The van der Waals surface area contributed by atoms with Crippen LogP contribution in [0.4, 0.5) is 11.4 Å². The molecule has 1 aliphatic heterocycles. The second kappa shape index (κ2) is 8.30. The molecule has 1 fully saturated rings. The fourth-order valence-corrected chi connectivity index (χ4v) is 3.50. The van der Waals surface area contributed by atoms with Crippen LogP contribution in [0.3, 0.4) is 0 Å². The SMILES string of the molecule is COc1cccc(N2C[C@@H](C(=O)N(C)[C@H](C)c3cccc([N+](=O)[O-])c3)CC2=O)c1. The highest BCUT2D eigenvalue weighted by Crippen LogP contribution is 2.31. The number of carbonyl (C=O) groups excluding carboxylic acids is 2. The lowest BCUT2D eigenvalue weighted by atomic mass is 10.0. The Hall–Kier alpha value is -3.42. The van der Waals surface area contributed by atoms with Crippen LogP contribution in [0.1, 0.15) is 24.9 Å². The number of carbonyl (C=O) groups is 2. The van der Waals surface area contributed by atoms with Crippen molar-refractivity contribution in [2.24, 2.45) is 5.92 Å². The van der Waals surface area contributed by atoms with E-state index in [9.17, 15) is 19.7 Å². The highest BCUT2D eigenvalue weighted by Gasteiger charge is 2.37. The van der Waals surface area contributed by atoms with Crippen molar-refractivity contribution in [1.82, 2.24) is 4.90 Å². The molecule has 0 radical (unpaired) electrons. The van der Waals surface area contributed by atoms with Crippen LogP contribution >= 0.6 is 0 Å². The Morgan fingerprint density at radius 3 is 2.69 bits per heavy atom. The Labute approximate surface area is 168 Å².